The predicted molar refractivity (Wildman–Crippen MR) is 61.1 cm³/mol. The second-order valence-corrected chi connectivity index (χ2v) is 5.98. The van der Waals surface area contributed by atoms with Gasteiger partial charge in [-0.1, -0.05) is 0 Å². The predicted octanol–water partition coefficient (Wildman–Crippen LogP) is 2.44. The Morgan fingerprint density at radius 3 is 2.73 bits per heavy atom. The number of rotatable bonds is 3. The summed E-state index contributed by atoms with van der Waals surface area (Å²) >= 11 is 4.33. The summed E-state index contributed by atoms with van der Waals surface area (Å²) in [7, 11) is 0. The van der Waals surface area contributed by atoms with Gasteiger partial charge in [0.25, 0.3) is 0 Å². The summed E-state index contributed by atoms with van der Waals surface area (Å²) in [6, 6.07) is 0. The van der Waals surface area contributed by atoms with Crippen LogP contribution in [0.15, 0.2) is 7.66 Å². The molecule has 0 aliphatic rings. The molecular formula is C6H9I2NO2. The summed E-state index contributed by atoms with van der Waals surface area (Å²) in [6.45, 7) is 2.72. The van der Waals surface area contributed by atoms with Crippen LogP contribution in [0.1, 0.15) is 6.92 Å². The van der Waals surface area contributed by atoms with Gasteiger partial charge in [0, 0.05) is 8.13 Å². The highest BCUT2D eigenvalue weighted by molar-refractivity contribution is 14.2. The van der Waals surface area contributed by atoms with Gasteiger partial charge in [-0.05, 0) is 58.2 Å². The van der Waals surface area contributed by atoms with Crippen molar-refractivity contribution in [2.24, 2.45) is 0 Å². The number of amides is 1. The van der Waals surface area contributed by atoms with E-state index < -0.39 is 0 Å². The molecule has 0 heterocycles. The van der Waals surface area contributed by atoms with Crippen LogP contribution >= 0.6 is 45.2 Å². The maximum Gasteiger partial charge on any atom is 0.407 e. The summed E-state index contributed by atoms with van der Waals surface area (Å²) in [5.74, 6) is 0. The molecule has 11 heavy (non-hydrogen) atoms. The summed E-state index contributed by atoms with van der Waals surface area (Å²) in [5, 5.41) is 2.57. The van der Waals surface area contributed by atoms with Gasteiger partial charge in [0.05, 0.1) is 6.61 Å². The third-order valence-electron chi connectivity index (χ3n) is 0.778. The Bertz CT molecular complexity index is 155. The molecule has 0 spiro atoms. The molecular weight excluding hydrogens is 372 g/mol. The van der Waals surface area contributed by atoms with Gasteiger partial charge in [0.2, 0.25) is 0 Å². The highest BCUT2D eigenvalue weighted by atomic mass is 127. The number of halogens is 2. The number of alkyl carbamates (subject to hydrolysis) is 1. The minimum atomic E-state index is -0.363. The molecule has 0 aliphatic carbocycles. The Hall–Kier alpha value is 0.470. The van der Waals surface area contributed by atoms with Crippen molar-refractivity contribution < 1.29 is 9.53 Å². The number of carbonyl (C=O) groups is 1. The van der Waals surface area contributed by atoms with Crippen LogP contribution in [0.5, 0.6) is 0 Å². The molecule has 1 N–H and O–H groups in total. The normalized spacial score (nSPS) is 8.64. The highest BCUT2D eigenvalue weighted by Crippen LogP contribution is 2.12. The molecule has 64 valence electrons. The van der Waals surface area contributed by atoms with Crippen LogP contribution in [0.25, 0.3) is 0 Å². The van der Waals surface area contributed by atoms with E-state index >= 15 is 0 Å². The van der Waals surface area contributed by atoms with Gasteiger partial charge in [-0.2, -0.15) is 0 Å². The van der Waals surface area contributed by atoms with E-state index in [9.17, 15) is 4.79 Å². The number of hydrogen-bond donors (Lipinski definition) is 1. The molecule has 1 amide bonds. The average molecular weight is 381 g/mol. The average Bonchev–Trinajstić information content (AvgIpc) is 1.87. The molecule has 0 radical (unpaired) electrons. The topological polar surface area (TPSA) is 38.3 Å². The van der Waals surface area contributed by atoms with E-state index in [4.69, 9.17) is 0 Å². The molecule has 0 bridgehead atoms. The van der Waals surface area contributed by atoms with Gasteiger partial charge in [-0.25, -0.2) is 4.79 Å². The largest absolute Gasteiger partial charge is 0.450 e. The Morgan fingerprint density at radius 2 is 2.27 bits per heavy atom. The van der Waals surface area contributed by atoms with Crippen molar-refractivity contribution >= 4 is 51.3 Å². The first-order valence-electron chi connectivity index (χ1n) is 3.08. The van der Waals surface area contributed by atoms with Crippen molar-refractivity contribution in [1.82, 2.24) is 5.32 Å². The molecule has 0 unspecified atom stereocenters. The van der Waals surface area contributed by atoms with Gasteiger partial charge >= 0.3 is 6.09 Å². The Kier molecular flexibility index (Phi) is 7.44. The van der Waals surface area contributed by atoms with Crippen LogP contribution in [0.4, 0.5) is 4.79 Å². The van der Waals surface area contributed by atoms with Crippen LogP contribution in [0, 0.1) is 0 Å². The Labute approximate surface area is 93.2 Å². The quantitative estimate of drug-likeness (QED) is 0.764. The van der Waals surface area contributed by atoms with Crippen molar-refractivity contribution in [3.8, 4) is 0 Å². The van der Waals surface area contributed by atoms with E-state index in [0.717, 1.165) is 1.59 Å². The number of carbonyl (C=O) groups excluding carboxylic acids is 1. The maximum absolute atomic E-state index is 10.7. The van der Waals surface area contributed by atoms with Gasteiger partial charge < -0.3 is 10.1 Å². The van der Waals surface area contributed by atoms with E-state index in [1.165, 1.54) is 0 Å². The molecule has 0 aromatic heterocycles. The lowest BCUT2D eigenvalue weighted by Crippen LogP contribution is -2.24. The molecule has 0 saturated carbocycles. The summed E-state index contributed by atoms with van der Waals surface area (Å²) in [6.07, 6.45) is 1.54. The number of nitrogens with one attached hydrogen (secondary N) is 1. The third-order valence-corrected chi connectivity index (χ3v) is 1.66. The van der Waals surface area contributed by atoms with E-state index in [-0.39, 0.29) is 6.09 Å². The van der Waals surface area contributed by atoms with Gasteiger partial charge in [0.15, 0.2) is 0 Å². The van der Waals surface area contributed by atoms with Gasteiger partial charge in [-0.15, -0.1) is 0 Å². The van der Waals surface area contributed by atoms with Crippen molar-refractivity contribution in [1.29, 1.82) is 0 Å². The minimum absolute atomic E-state index is 0.363. The zero-order valence-corrected chi connectivity index (χ0v) is 10.4. The SMILES string of the molecule is CCOC(=O)NCC=C(I)I. The minimum Gasteiger partial charge on any atom is -0.450 e. The van der Waals surface area contributed by atoms with Crippen molar-refractivity contribution in [3.05, 3.63) is 7.66 Å². The molecule has 5 heteroatoms. The zero-order valence-electron chi connectivity index (χ0n) is 6.06. The fourth-order valence-corrected chi connectivity index (χ4v) is 0.834. The lowest BCUT2D eigenvalue weighted by atomic mass is 10.6. The van der Waals surface area contributed by atoms with Crippen molar-refractivity contribution in [2.75, 3.05) is 13.2 Å². The van der Waals surface area contributed by atoms with E-state index in [2.05, 4.69) is 55.2 Å². The van der Waals surface area contributed by atoms with Crippen LogP contribution in [-0.4, -0.2) is 19.2 Å². The first-order chi connectivity index (χ1) is 5.16. The van der Waals surface area contributed by atoms with Crippen LogP contribution in [-0.2, 0) is 4.74 Å². The van der Waals surface area contributed by atoms with Crippen molar-refractivity contribution in [2.45, 2.75) is 6.92 Å². The molecule has 0 aromatic carbocycles. The lowest BCUT2D eigenvalue weighted by molar-refractivity contribution is 0.153. The summed E-state index contributed by atoms with van der Waals surface area (Å²) in [4.78, 5) is 10.7. The standard InChI is InChI=1S/C6H9I2NO2/c1-2-11-6(10)9-4-3-5(7)8/h3H,2,4H2,1H3,(H,9,10). The van der Waals surface area contributed by atoms with Gasteiger partial charge in [-0.3, -0.25) is 0 Å². The highest BCUT2D eigenvalue weighted by Gasteiger charge is 1.95. The van der Waals surface area contributed by atoms with E-state index in [1.54, 1.807) is 6.92 Å². The van der Waals surface area contributed by atoms with E-state index in [0.29, 0.717) is 13.2 Å². The van der Waals surface area contributed by atoms with Crippen molar-refractivity contribution in [3.63, 3.8) is 0 Å². The fraction of sp³-hybridized carbons (Fsp3) is 0.500. The first kappa shape index (κ1) is 11.5. The molecule has 3 nitrogen and oxygen atoms in total. The Morgan fingerprint density at radius 1 is 1.64 bits per heavy atom. The second-order valence-electron chi connectivity index (χ2n) is 1.60. The molecule has 0 atom stereocenters. The third kappa shape index (κ3) is 8.38. The second kappa shape index (κ2) is 7.14. The number of ether oxygens (including phenoxy) is 1. The zero-order chi connectivity index (χ0) is 8.69. The molecule has 0 saturated heterocycles. The van der Waals surface area contributed by atoms with E-state index in [1.807, 2.05) is 6.08 Å². The Balaban J connectivity index is 3.39. The maximum atomic E-state index is 10.7. The molecule has 0 aliphatic heterocycles. The molecule has 0 aromatic rings. The first-order valence-corrected chi connectivity index (χ1v) is 5.24. The van der Waals surface area contributed by atoms with Crippen LogP contribution < -0.4 is 5.32 Å². The monoisotopic (exact) mass is 381 g/mol. The molecule has 0 rings (SSSR count). The van der Waals surface area contributed by atoms with Crippen LogP contribution in [0.2, 0.25) is 0 Å². The number of hydrogen-bond acceptors (Lipinski definition) is 2. The molecule has 0 fully saturated rings. The van der Waals surface area contributed by atoms with Gasteiger partial charge in [0.1, 0.15) is 0 Å². The van der Waals surface area contributed by atoms with Crippen LogP contribution in [0.3, 0.4) is 0 Å². The smallest absolute Gasteiger partial charge is 0.407 e. The summed E-state index contributed by atoms with van der Waals surface area (Å²) < 4.78 is 5.76. The summed E-state index contributed by atoms with van der Waals surface area (Å²) in [5.41, 5.74) is 0. The lowest BCUT2D eigenvalue weighted by Gasteiger charge is -2.00. The fourth-order valence-electron chi connectivity index (χ4n) is 0.394.